The van der Waals surface area contributed by atoms with Crippen LogP contribution in [0.15, 0.2) is 36.5 Å². The van der Waals surface area contributed by atoms with Gasteiger partial charge in [0, 0.05) is 19.7 Å². The van der Waals surface area contributed by atoms with Crippen LogP contribution in [0.5, 0.6) is 0 Å². The van der Waals surface area contributed by atoms with Gasteiger partial charge in [-0.2, -0.15) is 18.3 Å². The molecule has 0 spiro atoms. The molecule has 2 aromatic rings. The van der Waals surface area contributed by atoms with Crippen LogP contribution < -0.4 is 0 Å². The molecule has 0 aliphatic heterocycles. The molecule has 1 unspecified atom stereocenters. The molecule has 0 radical (unpaired) electrons. The molecular weight excluding hydrogens is 257 g/mol. The highest BCUT2D eigenvalue weighted by Gasteiger charge is 2.30. The van der Waals surface area contributed by atoms with Gasteiger partial charge in [-0.15, -0.1) is 0 Å². The van der Waals surface area contributed by atoms with Crippen molar-refractivity contribution in [3.05, 3.63) is 53.3 Å². The number of nitrogens with zero attached hydrogens (tertiary/aromatic N) is 2. The van der Waals surface area contributed by atoms with Gasteiger partial charge in [0.15, 0.2) is 0 Å². The molecule has 1 aromatic carbocycles. The second kappa shape index (κ2) is 5.05. The molecule has 0 bridgehead atoms. The van der Waals surface area contributed by atoms with E-state index in [1.54, 1.807) is 24.0 Å². The molecule has 0 saturated heterocycles. The molecular formula is C13H13F3N2O. The first kappa shape index (κ1) is 13.6. The Bertz CT molecular complexity index is 563. The van der Waals surface area contributed by atoms with Crippen LogP contribution in [-0.2, 0) is 19.6 Å². The van der Waals surface area contributed by atoms with Crippen LogP contribution in [0, 0.1) is 0 Å². The summed E-state index contributed by atoms with van der Waals surface area (Å²) in [5, 5.41) is 14.0. The summed E-state index contributed by atoms with van der Waals surface area (Å²) in [6, 6.07) is 6.43. The Morgan fingerprint density at radius 2 is 2.05 bits per heavy atom. The molecule has 3 nitrogen and oxygen atoms in total. The summed E-state index contributed by atoms with van der Waals surface area (Å²) in [6.45, 7) is 0. The Hall–Kier alpha value is -1.82. The highest BCUT2D eigenvalue weighted by atomic mass is 19.4. The van der Waals surface area contributed by atoms with Crippen LogP contribution in [0.25, 0.3) is 0 Å². The van der Waals surface area contributed by atoms with Crippen molar-refractivity contribution in [3.63, 3.8) is 0 Å². The number of hydrogen-bond donors (Lipinski definition) is 1. The minimum Gasteiger partial charge on any atom is -0.388 e. The molecule has 1 atom stereocenters. The summed E-state index contributed by atoms with van der Waals surface area (Å²) in [5.74, 6) is 0. The predicted molar refractivity (Wildman–Crippen MR) is 63.3 cm³/mol. The monoisotopic (exact) mass is 270 g/mol. The van der Waals surface area contributed by atoms with Crippen LogP contribution in [0.1, 0.15) is 22.9 Å². The first-order valence-electron chi connectivity index (χ1n) is 5.70. The van der Waals surface area contributed by atoms with Gasteiger partial charge in [0.25, 0.3) is 0 Å². The maximum atomic E-state index is 12.6. The van der Waals surface area contributed by atoms with E-state index in [0.29, 0.717) is 5.69 Å². The predicted octanol–water partition coefficient (Wildman–Crippen LogP) is 2.72. The fourth-order valence-corrected chi connectivity index (χ4v) is 1.81. The maximum absolute atomic E-state index is 12.6. The average Bonchev–Trinajstić information content (AvgIpc) is 2.74. The summed E-state index contributed by atoms with van der Waals surface area (Å²) in [6.07, 6.45) is -3.51. The summed E-state index contributed by atoms with van der Waals surface area (Å²) in [7, 11) is 1.74. The van der Waals surface area contributed by atoms with Gasteiger partial charge in [0.2, 0.25) is 0 Å². The lowest BCUT2D eigenvalue weighted by Gasteiger charge is -2.12. The second-order valence-electron chi connectivity index (χ2n) is 4.32. The van der Waals surface area contributed by atoms with Crippen LogP contribution in [0.2, 0.25) is 0 Å². The molecule has 0 amide bonds. The van der Waals surface area contributed by atoms with Crippen LogP contribution in [0.3, 0.4) is 0 Å². The summed E-state index contributed by atoms with van der Waals surface area (Å²) >= 11 is 0. The summed E-state index contributed by atoms with van der Waals surface area (Å²) < 4.78 is 39.3. The molecule has 2 rings (SSSR count). The topological polar surface area (TPSA) is 38.0 Å². The Labute approximate surface area is 108 Å². The molecule has 6 heteroatoms. The van der Waals surface area contributed by atoms with E-state index in [9.17, 15) is 18.3 Å². The minimum absolute atomic E-state index is 0.183. The highest BCUT2D eigenvalue weighted by Crippen LogP contribution is 2.31. The maximum Gasteiger partial charge on any atom is 0.416 e. The smallest absolute Gasteiger partial charge is 0.388 e. The third kappa shape index (κ3) is 3.35. The SMILES string of the molecule is Cn1ccc(CC(O)c2cccc(C(F)(F)F)c2)n1. The highest BCUT2D eigenvalue weighted by molar-refractivity contribution is 5.27. The van der Waals surface area contributed by atoms with Crippen molar-refractivity contribution >= 4 is 0 Å². The lowest BCUT2D eigenvalue weighted by Crippen LogP contribution is -2.08. The number of alkyl halides is 3. The zero-order chi connectivity index (χ0) is 14.0. The van der Waals surface area contributed by atoms with Gasteiger partial charge in [-0.1, -0.05) is 12.1 Å². The van der Waals surface area contributed by atoms with Gasteiger partial charge < -0.3 is 5.11 Å². The van der Waals surface area contributed by atoms with Crippen molar-refractivity contribution in [2.75, 3.05) is 0 Å². The van der Waals surface area contributed by atoms with Crippen molar-refractivity contribution in [2.24, 2.45) is 7.05 Å². The first-order valence-corrected chi connectivity index (χ1v) is 5.70. The molecule has 1 aromatic heterocycles. The zero-order valence-corrected chi connectivity index (χ0v) is 10.2. The molecule has 102 valence electrons. The van der Waals surface area contributed by atoms with Gasteiger partial charge in [0.1, 0.15) is 0 Å². The molecule has 0 aliphatic rings. The van der Waals surface area contributed by atoms with E-state index in [1.165, 1.54) is 12.1 Å². The molecule has 1 heterocycles. The molecule has 0 saturated carbocycles. The fraction of sp³-hybridized carbons (Fsp3) is 0.308. The minimum atomic E-state index is -4.40. The Balaban J connectivity index is 2.17. The van der Waals surface area contributed by atoms with Crippen LogP contribution in [0.4, 0.5) is 13.2 Å². The van der Waals surface area contributed by atoms with Crippen molar-refractivity contribution < 1.29 is 18.3 Å². The lowest BCUT2D eigenvalue weighted by molar-refractivity contribution is -0.137. The van der Waals surface area contributed by atoms with Crippen molar-refractivity contribution in [1.82, 2.24) is 9.78 Å². The van der Waals surface area contributed by atoms with Crippen molar-refractivity contribution in [3.8, 4) is 0 Å². The van der Waals surface area contributed by atoms with E-state index in [1.807, 2.05) is 0 Å². The van der Waals surface area contributed by atoms with E-state index in [0.717, 1.165) is 12.1 Å². The van der Waals surface area contributed by atoms with Gasteiger partial charge in [-0.05, 0) is 23.8 Å². The van der Waals surface area contributed by atoms with Crippen molar-refractivity contribution in [2.45, 2.75) is 18.7 Å². The van der Waals surface area contributed by atoms with E-state index >= 15 is 0 Å². The van der Waals surface area contributed by atoms with Gasteiger partial charge >= 0.3 is 6.18 Å². The number of aliphatic hydroxyl groups excluding tert-OH is 1. The standard InChI is InChI=1S/C13H13F3N2O/c1-18-6-5-11(17-18)8-12(19)9-3-2-4-10(7-9)13(14,15)16/h2-7,12,19H,8H2,1H3. The normalized spacial score (nSPS) is 13.5. The average molecular weight is 270 g/mol. The van der Waals surface area contributed by atoms with E-state index in [2.05, 4.69) is 5.10 Å². The molecule has 0 aliphatic carbocycles. The van der Waals surface area contributed by atoms with E-state index in [-0.39, 0.29) is 12.0 Å². The summed E-state index contributed by atoms with van der Waals surface area (Å²) in [4.78, 5) is 0. The van der Waals surface area contributed by atoms with Gasteiger partial charge in [0.05, 0.1) is 17.4 Å². The van der Waals surface area contributed by atoms with Crippen LogP contribution in [-0.4, -0.2) is 14.9 Å². The largest absolute Gasteiger partial charge is 0.416 e. The molecule has 1 N–H and O–H groups in total. The lowest BCUT2D eigenvalue weighted by atomic mass is 10.0. The third-order valence-electron chi connectivity index (χ3n) is 2.77. The number of aryl methyl sites for hydroxylation is 1. The quantitative estimate of drug-likeness (QED) is 0.931. The zero-order valence-electron chi connectivity index (χ0n) is 10.2. The number of benzene rings is 1. The number of halogens is 3. The molecule has 0 fully saturated rings. The third-order valence-corrected chi connectivity index (χ3v) is 2.77. The Morgan fingerprint density at radius 3 is 2.63 bits per heavy atom. The van der Waals surface area contributed by atoms with Gasteiger partial charge in [-0.3, -0.25) is 4.68 Å². The van der Waals surface area contributed by atoms with Crippen molar-refractivity contribution in [1.29, 1.82) is 0 Å². The van der Waals surface area contributed by atoms with Gasteiger partial charge in [-0.25, -0.2) is 0 Å². The number of aliphatic hydroxyl groups is 1. The van der Waals surface area contributed by atoms with Crippen LogP contribution >= 0.6 is 0 Å². The number of hydrogen-bond acceptors (Lipinski definition) is 2. The molecule has 19 heavy (non-hydrogen) atoms. The van der Waals surface area contributed by atoms with E-state index < -0.39 is 17.8 Å². The number of rotatable bonds is 3. The fourth-order valence-electron chi connectivity index (χ4n) is 1.81. The number of aromatic nitrogens is 2. The summed E-state index contributed by atoms with van der Waals surface area (Å²) in [5.41, 5.74) is 0.109. The second-order valence-corrected chi connectivity index (χ2v) is 4.32. The van der Waals surface area contributed by atoms with E-state index in [4.69, 9.17) is 0 Å². The Kier molecular flexibility index (Phi) is 3.61. The Morgan fingerprint density at radius 1 is 1.32 bits per heavy atom. The first-order chi connectivity index (χ1) is 8.86.